The van der Waals surface area contributed by atoms with Crippen molar-refractivity contribution in [3.8, 4) is 0 Å². The molecule has 3 heterocycles. The van der Waals surface area contributed by atoms with Crippen LogP contribution in [0.1, 0.15) is 52.8 Å². The zero-order valence-electron chi connectivity index (χ0n) is 13.2. The van der Waals surface area contributed by atoms with Gasteiger partial charge in [-0.2, -0.15) is 0 Å². The Bertz CT molecular complexity index is 649. The maximum atomic E-state index is 12.0. The number of ether oxygens (including phenoxy) is 1. The second-order valence-electron chi connectivity index (χ2n) is 5.68. The van der Waals surface area contributed by atoms with Gasteiger partial charge >= 0.3 is 0 Å². The van der Waals surface area contributed by atoms with Gasteiger partial charge in [0.05, 0.1) is 5.56 Å². The van der Waals surface area contributed by atoms with E-state index in [1.165, 1.54) is 0 Å². The third-order valence-electron chi connectivity index (χ3n) is 3.82. The fourth-order valence-corrected chi connectivity index (χ4v) is 2.45. The Morgan fingerprint density at radius 3 is 2.70 bits per heavy atom. The average Bonchev–Trinajstić information content (AvgIpc) is 2.61. The van der Waals surface area contributed by atoms with Crippen molar-refractivity contribution in [2.24, 2.45) is 0 Å². The Labute approximate surface area is 135 Å². The lowest BCUT2D eigenvalue weighted by Gasteiger charge is -2.21. The van der Waals surface area contributed by atoms with Gasteiger partial charge in [-0.15, -0.1) is 0 Å². The number of aryl methyl sites for hydroxylation is 1. The van der Waals surface area contributed by atoms with E-state index in [9.17, 15) is 4.79 Å². The fraction of sp³-hybridized carbons (Fsp3) is 0.412. The van der Waals surface area contributed by atoms with E-state index in [0.29, 0.717) is 12.1 Å². The molecule has 1 N–H and O–H groups in total. The maximum absolute atomic E-state index is 12.0. The summed E-state index contributed by atoms with van der Waals surface area (Å²) in [6.45, 7) is 3.05. The van der Waals surface area contributed by atoms with E-state index in [2.05, 4.69) is 20.3 Å². The normalized spacial score (nSPS) is 17.7. The van der Waals surface area contributed by atoms with Crippen LogP contribution in [0, 0.1) is 6.92 Å². The summed E-state index contributed by atoms with van der Waals surface area (Å²) in [5, 5.41) is 2.84. The zero-order valence-corrected chi connectivity index (χ0v) is 13.2. The Morgan fingerprint density at radius 1 is 1.22 bits per heavy atom. The number of hydrogen-bond donors (Lipinski definition) is 1. The van der Waals surface area contributed by atoms with Gasteiger partial charge in [-0.1, -0.05) is 0 Å². The van der Waals surface area contributed by atoms with Gasteiger partial charge in [0.1, 0.15) is 6.10 Å². The van der Waals surface area contributed by atoms with Gasteiger partial charge in [-0.25, -0.2) is 9.97 Å². The molecule has 0 spiro atoms. The quantitative estimate of drug-likeness (QED) is 0.937. The summed E-state index contributed by atoms with van der Waals surface area (Å²) in [7, 11) is 0. The van der Waals surface area contributed by atoms with Crippen LogP contribution in [0.4, 0.5) is 0 Å². The van der Waals surface area contributed by atoms with Gasteiger partial charge < -0.3 is 10.1 Å². The summed E-state index contributed by atoms with van der Waals surface area (Å²) < 4.78 is 5.67. The number of nitrogens with zero attached hydrogens (tertiary/aromatic N) is 3. The minimum absolute atomic E-state index is 0.00558. The van der Waals surface area contributed by atoms with Crippen LogP contribution >= 0.6 is 0 Å². The number of rotatable bonds is 4. The molecule has 0 bridgehead atoms. The van der Waals surface area contributed by atoms with Crippen LogP contribution in [-0.4, -0.2) is 27.5 Å². The molecule has 0 aromatic carbocycles. The molecule has 6 nitrogen and oxygen atoms in total. The Kier molecular flexibility index (Phi) is 4.92. The summed E-state index contributed by atoms with van der Waals surface area (Å²) >= 11 is 0. The van der Waals surface area contributed by atoms with E-state index in [1.807, 2.05) is 13.0 Å². The summed E-state index contributed by atoms with van der Waals surface area (Å²) in [5.41, 5.74) is 2.29. The summed E-state index contributed by atoms with van der Waals surface area (Å²) in [6.07, 6.45) is 8.29. The second-order valence-corrected chi connectivity index (χ2v) is 5.68. The molecule has 2 aromatic heterocycles. The van der Waals surface area contributed by atoms with E-state index in [4.69, 9.17) is 4.74 Å². The predicted octanol–water partition coefficient (Wildman–Crippen LogP) is 2.35. The molecule has 1 aliphatic rings. The van der Waals surface area contributed by atoms with Gasteiger partial charge in [0, 0.05) is 43.0 Å². The SMILES string of the molecule is Cc1ccc(C(=O)NCc2cnc([C@@H]3CCCCO3)nc2)cn1. The third kappa shape index (κ3) is 4.10. The number of nitrogens with one attached hydrogen (secondary N) is 1. The van der Waals surface area contributed by atoms with Gasteiger partial charge in [0.25, 0.3) is 5.91 Å². The van der Waals surface area contributed by atoms with Crippen molar-refractivity contribution in [1.82, 2.24) is 20.3 Å². The van der Waals surface area contributed by atoms with Crippen molar-refractivity contribution >= 4 is 5.91 Å². The molecular formula is C17H20N4O2. The molecule has 2 aromatic rings. The molecule has 6 heteroatoms. The molecule has 23 heavy (non-hydrogen) atoms. The van der Waals surface area contributed by atoms with Gasteiger partial charge in [0.2, 0.25) is 0 Å². The first kappa shape index (κ1) is 15.6. The highest BCUT2D eigenvalue weighted by Crippen LogP contribution is 2.24. The van der Waals surface area contributed by atoms with E-state index in [-0.39, 0.29) is 12.0 Å². The van der Waals surface area contributed by atoms with Gasteiger partial charge in [-0.3, -0.25) is 9.78 Å². The van der Waals surface area contributed by atoms with Crippen LogP contribution < -0.4 is 5.32 Å². The maximum Gasteiger partial charge on any atom is 0.253 e. The van der Waals surface area contributed by atoms with Crippen molar-refractivity contribution in [2.75, 3.05) is 6.61 Å². The van der Waals surface area contributed by atoms with E-state index < -0.39 is 0 Å². The lowest BCUT2D eigenvalue weighted by atomic mass is 10.1. The van der Waals surface area contributed by atoms with Crippen molar-refractivity contribution in [1.29, 1.82) is 0 Å². The summed E-state index contributed by atoms with van der Waals surface area (Å²) in [6, 6.07) is 3.58. The minimum atomic E-state index is -0.155. The molecule has 0 aliphatic carbocycles. The molecule has 120 valence electrons. The number of pyridine rings is 1. The average molecular weight is 312 g/mol. The zero-order chi connectivity index (χ0) is 16.1. The smallest absolute Gasteiger partial charge is 0.253 e. The highest BCUT2D eigenvalue weighted by molar-refractivity contribution is 5.93. The molecule has 1 amide bonds. The topological polar surface area (TPSA) is 77.0 Å². The first-order chi connectivity index (χ1) is 11.2. The van der Waals surface area contributed by atoms with Gasteiger partial charge in [0.15, 0.2) is 5.82 Å². The van der Waals surface area contributed by atoms with Crippen molar-refractivity contribution in [3.05, 3.63) is 53.4 Å². The van der Waals surface area contributed by atoms with E-state index >= 15 is 0 Å². The van der Waals surface area contributed by atoms with Crippen LogP contribution in [0.2, 0.25) is 0 Å². The Hall–Kier alpha value is -2.34. The van der Waals surface area contributed by atoms with Crippen LogP contribution in [0.3, 0.4) is 0 Å². The molecule has 1 saturated heterocycles. The van der Waals surface area contributed by atoms with Crippen molar-refractivity contribution in [3.63, 3.8) is 0 Å². The largest absolute Gasteiger partial charge is 0.370 e. The lowest BCUT2D eigenvalue weighted by Crippen LogP contribution is -2.23. The molecule has 0 unspecified atom stereocenters. The predicted molar refractivity (Wildman–Crippen MR) is 84.7 cm³/mol. The molecule has 3 rings (SSSR count). The third-order valence-corrected chi connectivity index (χ3v) is 3.82. The van der Waals surface area contributed by atoms with Crippen LogP contribution in [0.5, 0.6) is 0 Å². The molecule has 1 aliphatic heterocycles. The number of aromatic nitrogens is 3. The first-order valence-electron chi connectivity index (χ1n) is 7.85. The summed E-state index contributed by atoms with van der Waals surface area (Å²) in [4.78, 5) is 24.9. The Balaban J connectivity index is 1.55. The summed E-state index contributed by atoms with van der Waals surface area (Å²) in [5.74, 6) is 0.569. The monoisotopic (exact) mass is 312 g/mol. The number of carbonyl (C=O) groups excluding carboxylic acids is 1. The number of amides is 1. The second kappa shape index (κ2) is 7.28. The van der Waals surface area contributed by atoms with Crippen LogP contribution in [0.25, 0.3) is 0 Å². The van der Waals surface area contributed by atoms with E-state index in [0.717, 1.165) is 43.0 Å². The van der Waals surface area contributed by atoms with Crippen molar-refractivity contribution < 1.29 is 9.53 Å². The standard InChI is InChI=1S/C17H20N4O2/c1-12-5-6-14(11-18-12)17(22)21-10-13-8-19-16(20-9-13)15-4-2-3-7-23-15/h5-6,8-9,11,15H,2-4,7,10H2,1H3,(H,21,22)/t15-/m0/s1. The van der Waals surface area contributed by atoms with E-state index in [1.54, 1.807) is 24.7 Å². The minimum Gasteiger partial charge on any atom is -0.370 e. The highest BCUT2D eigenvalue weighted by Gasteiger charge is 2.18. The Morgan fingerprint density at radius 2 is 2.04 bits per heavy atom. The molecule has 1 fully saturated rings. The fourth-order valence-electron chi connectivity index (χ4n) is 2.45. The first-order valence-corrected chi connectivity index (χ1v) is 7.85. The highest BCUT2D eigenvalue weighted by atomic mass is 16.5. The van der Waals surface area contributed by atoms with Crippen LogP contribution in [0.15, 0.2) is 30.7 Å². The molecule has 0 saturated carbocycles. The van der Waals surface area contributed by atoms with Crippen molar-refractivity contribution in [2.45, 2.75) is 38.8 Å². The molecular weight excluding hydrogens is 292 g/mol. The lowest BCUT2D eigenvalue weighted by molar-refractivity contribution is 0.00940. The number of hydrogen-bond acceptors (Lipinski definition) is 5. The molecule has 1 atom stereocenters. The van der Waals surface area contributed by atoms with Gasteiger partial charge in [-0.05, 0) is 38.3 Å². The number of carbonyl (C=O) groups is 1. The van der Waals surface area contributed by atoms with Crippen LogP contribution in [-0.2, 0) is 11.3 Å². The molecule has 0 radical (unpaired) electrons.